The van der Waals surface area contributed by atoms with Gasteiger partial charge in [-0.1, -0.05) is 0 Å². The van der Waals surface area contributed by atoms with Gasteiger partial charge in [-0.2, -0.15) is 30.7 Å². The van der Waals surface area contributed by atoms with E-state index >= 15 is 0 Å². The van der Waals surface area contributed by atoms with E-state index in [0.717, 1.165) is 0 Å². The van der Waals surface area contributed by atoms with E-state index in [1.807, 2.05) is 0 Å². The van der Waals surface area contributed by atoms with Gasteiger partial charge in [0, 0.05) is 0 Å². The van der Waals surface area contributed by atoms with Crippen molar-refractivity contribution in [1.82, 2.24) is 0 Å². The third-order valence-corrected chi connectivity index (χ3v) is 1.10. The molecule has 0 aliphatic carbocycles. The predicted octanol–water partition coefficient (Wildman–Crippen LogP) is 3.34. The molecule has 0 amide bonds. The normalized spacial score (nSPS) is 16.4. The summed E-state index contributed by atoms with van der Waals surface area (Å²) >= 11 is 0. The minimum atomic E-state index is -6.15. The Morgan fingerprint density at radius 2 is 1.38 bits per heavy atom. The summed E-state index contributed by atoms with van der Waals surface area (Å²) in [7, 11) is 0. The van der Waals surface area contributed by atoms with Gasteiger partial charge in [-0.3, -0.25) is 0 Å². The summed E-state index contributed by atoms with van der Waals surface area (Å²) in [4.78, 5) is 0. The van der Waals surface area contributed by atoms with E-state index < -0.39 is 31.1 Å². The molecule has 0 bridgehead atoms. The molecule has 0 fully saturated rings. The monoisotopic (exact) mass is 215 g/mol. The minimum absolute atomic E-state index is 2.22. The fraction of sp³-hybridized carbons (Fsp3) is 0.800. The van der Waals surface area contributed by atoms with E-state index in [1.54, 1.807) is 0 Å². The van der Waals surface area contributed by atoms with Gasteiger partial charge in [0.2, 0.25) is 0 Å². The standard InChI is InChI=1S/C5H3F8/c6-2(1-3(7)8)4(9,10)5(11,12)13/h2H,1H2. The van der Waals surface area contributed by atoms with Crippen LogP contribution in [0, 0.1) is 6.43 Å². The van der Waals surface area contributed by atoms with Crippen LogP contribution in [0.15, 0.2) is 0 Å². The van der Waals surface area contributed by atoms with Crippen LogP contribution in [0.1, 0.15) is 6.42 Å². The van der Waals surface area contributed by atoms with E-state index in [9.17, 15) is 35.1 Å². The second-order valence-corrected chi connectivity index (χ2v) is 2.13. The van der Waals surface area contributed by atoms with Crippen LogP contribution in [0.4, 0.5) is 35.1 Å². The summed E-state index contributed by atoms with van der Waals surface area (Å²) < 4.78 is 91.9. The molecular weight excluding hydrogens is 212 g/mol. The number of alkyl halides is 6. The fourth-order valence-corrected chi connectivity index (χ4v) is 0.441. The lowest BCUT2D eigenvalue weighted by atomic mass is 10.1. The van der Waals surface area contributed by atoms with E-state index in [-0.39, 0.29) is 0 Å². The Morgan fingerprint density at radius 1 is 1.00 bits per heavy atom. The van der Waals surface area contributed by atoms with Crippen molar-refractivity contribution in [3.8, 4) is 0 Å². The van der Waals surface area contributed by atoms with E-state index in [4.69, 9.17) is 0 Å². The average Bonchev–Trinajstić information content (AvgIpc) is 1.82. The van der Waals surface area contributed by atoms with Gasteiger partial charge in [-0.15, -0.1) is 0 Å². The van der Waals surface area contributed by atoms with Gasteiger partial charge in [0.15, 0.2) is 6.17 Å². The Kier molecular flexibility index (Phi) is 3.51. The molecule has 0 aliphatic heterocycles. The molecule has 0 aliphatic rings. The molecule has 0 spiro atoms. The highest BCUT2D eigenvalue weighted by Gasteiger charge is 2.63. The largest absolute Gasteiger partial charge is 0.456 e. The summed E-state index contributed by atoms with van der Waals surface area (Å²) in [6.07, 6.45) is -15.1. The number of hydrogen-bond acceptors (Lipinski definition) is 0. The van der Waals surface area contributed by atoms with Crippen LogP contribution in [0.25, 0.3) is 0 Å². The lowest BCUT2D eigenvalue weighted by molar-refractivity contribution is -0.304. The molecule has 13 heavy (non-hydrogen) atoms. The van der Waals surface area contributed by atoms with Crippen molar-refractivity contribution in [2.45, 2.75) is 24.7 Å². The van der Waals surface area contributed by atoms with Crippen molar-refractivity contribution in [3.05, 3.63) is 6.43 Å². The summed E-state index contributed by atoms with van der Waals surface area (Å²) in [5.41, 5.74) is 0. The summed E-state index contributed by atoms with van der Waals surface area (Å²) in [5, 5.41) is 0. The predicted molar refractivity (Wildman–Crippen MR) is 26.0 cm³/mol. The maximum atomic E-state index is 12.0. The second kappa shape index (κ2) is 3.67. The third-order valence-electron chi connectivity index (χ3n) is 1.10. The highest BCUT2D eigenvalue weighted by molar-refractivity contribution is 4.87. The van der Waals surface area contributed by atoms with Crippen LogP contribution >= 0.6 is 0 Å². The zero-order valence-corrected chi connectivity index (χ0v) is 5.81. The van der Waals surface area contributed by atoms with Crippen molar-refractivity contribution >= 4 is 0 Å². The molecule has 0 N–H and O–H groups in total. The van der Waals surface area contributed by atoms with Gasteiger partial charge in [-0.05, 0) is 0 Å². The SMILES string of the molecule is F[C](F)CC(F)C(F)(F)C(F)(F)F. The van der Waals surface area contributed by atoms with Gasteiger partial charge in [0.05, 0.1) is 6.42 Å². The first kappa shape index (κ1) is 12.4. The quantitative estimate of drug-likeness (QED) is 0.633. The van der Waals surface area contributed by atoms with Crippen molar-refractivity contribution in [2.75, 3.05) is 0 Å². The molecule has 8 heteroatoms. The summed E-state index contributed by atoms with van der Waals surface area (Å²) in [6, 6.07) is 0. The molecule has 0 aromatic carbocycles. The Labute approximate surface area is 67.5 Å². The van der Waals surface area contributed by atoms with Crippen LogP contribution < -0.4 is 0 Å². The molecule has 0 aromatic rings. The third kappa shape index (κ3) is 3.00. The maximum absolute atomic E-state index is 12.0. The summed E-state index contributed by atoms with van der Waals surface area (Å²) in [5.74, 6) is -5.74. The van der Waals surface area contributed by atoms with Crippen LogP contribution in [0.5, 0.6) is 0 Å². The number of hydrogen-bond donors (Lipinski definition) is 0. The molecule has 0 saturated heterocycles. The average molecular weight is 215 g/mol. The first-order chi connectivity index (χ1) is 5.59. The van der Waals surface area contributed by atoms with Gasteiger partial charge < -0.3 is 0 Å². The molecule has 1 atom stereocenters. The topological polar surface area (TPSA) is 0 Å². The van der Waals surface area contributed by atoms with Crippen LogP contribution in [-0.2, 0) is 0 Å². The summed E-state index contributed by atoms with van der Waals surface area (Å²) in [6.45, 7) is 0. The highest BCUT2D eigenvalue weighted by Crippen LogP contribution is 2.41. The first-order valence-electron chi connectivity index (χ1n) is 2.84. The lowest BCUT2D eigenvalue weighted by Gasteiger charge is -2.22. The molecule has 0 heterocycles. The Bertz CT molecular complexity index is 158. The van der Waals surface area contributed by atoms with E-state index in [2.05, 4.69) is 0 Å². The number of halogens is 8. The van der Waals surface area contributed by atoms with Gasteiger partial charge in [0.25, 0.3) is 0 Å². The van der Waals surface area contributed by atoms with Gasteiger partial charge in [-0.25, -0.2) is 4.39 Å². The second-order valence-electron chi connectivity index (χ2n) is 2.13. The minimum Gasteiger partial charge on any atom is -0.240 e. The molecule has 0 aromatic heterocycles. The van der Waals surface area contributed by atoms with Gasteiger partial charge in [0.1, 0.15) is 0 Å². The fourth-order valence-electron chi connectivity index (χ4n) is 0.441. The smallest absolute Gasteiger partial charge is 0.240 e. The maximum Gasteiger partial charge on any atom is 0.456 e. The molecule has 0 saturated carbocycles. The lowest BCUT2D eigenvalue weighted by Crippen LogP contribution is -2.45. The van der Waals surface area contributed by atoms with E-state index in [0.29, 0.717) is 0 Å². The molecule has 0 nitrogen and oxygen atoms in total. The zero-order chi connectivity index (χ0) is 10.9. The number of rotatable bonds is 3. The first-order valence-corrected chi connectivity index (χ1v) is 2.84. The Morgan fingerprint density at radius 3 is 1.62 bits per heavy atom. The Balaban J connectivity index is 4.45. The van der Waals surface area contributed by atoms with Crippen LogP contribution in [-0.4, -0.2) is 18.3 Å². The van der Waals surface area contributed by atoms with Crippen LogP contribution in [0.3, 0.4) is 0 Å². The molecule has 1 unspecified atom stereocenters. The van der Waals surface area contributed by atoms with Crippen molar-refractivity contribution in [1.29, 1.82) is 0 Å². The highest BCUT2D eigenvalue weighted by atomic mass is 19.4. The van der Waals surface area contributed by atoms with Crippen molar-refractivity contribution in [2.24, 2.45) is 0 Å². The molecular formula is C5H3F8. The molecule has 0 rings (SSSR count). The zero-order valence-electron chi connectivity index (χ0n) is 5.81. The molecule has 1 radical (unpaired) electrons. The van der Waals surface area contributed by atoms with E-state index in [1.165, 1.54) is 0 Å². The van der Waals surface area contributed by atoms with Crippen LogP contribution in [0.2, 0.25) is 0 Å². The van der Waals surface area contributed by atoms with Crippen molar-refractivity contribution in [3.63, 3.8) is 0 Å². The van der Waals surface area contributed by atoms with Gasteiger partial charge >= 0.3 is 18.5 Å². The van der Waals surface area contributed by atoms with Crippen molar-refractivity contribution < 1.29 is 35.1 Å². The Hall–Kier alpha value is -0.560. The molecule has 79 valence electrons.